The van der Waals surface area contributed by atoms with E-state index >= 15 is 0 Å². The molecule has 0 saturated carbocycles. The van der Waals surface area contributed by atoms with E-state index in [1.165, 1.54) is 113 Å². The van der Waals surface area contributed by atoms with E-state index in [1.807, 2.05) is 0 Å². The highest BCUT2D eigenvalue weighted by Gasteiger charge is 2.54. The van der Waals surface area contributed by atoms with Crippen molar-refractivity contribution in [2.45, 2.75) is 87.7 Å². The maximum absolute atomic E-state index is 14.1. The van der Waals surface area contributed by atoms with Gasteiger partial charge in [0.05, 0.1) is 60.0 Å². The van der Waals surface area contributed by atoms with Crippen LogP contribution in [0.2, 0.25) is 0 Å². The third-order valence-corrected chi connectivity index (χ3v) is 10.9. The van der Waals surface area contributed by atoms with Crippen molar-refractivity contribution in [3.63, 3.8) is 0 Å². The Labute approximate surface area is 404 Å². The minimum Gasteiger partial charge on any atom is -0.459 e. The van der Waals surface area contributed by atoms with E-state index in [0.717, 1.165) is 0 Å². The van der Waals surface area contributed by atoms with E-state index in [2.05, 4.69) is 20.5 Å². The van der Waals surface area contributed by atoms with Crippen LogP contribution in [0.4, 0.5) is 0 Å². The van der Waals surface area contributed by atoms with Crippen molar-refractivity contribution in [3.05, 3.63) is 167 Å². The average molecular weight is 969 g/mol. The Bertz CT molecular complexity index is 2950. The summed E-state index contributed by atoms with van der Waals surface area (Å²) in [4.78, 5) is 56.9. The molecule has 4 aromatic carbocycles. The number of aliphatic hydroxyl groups is 4. The maximum Gasteiger partial charge on any atom is 0.338 e. The van der Waals surface area contributed by atoms with Crippen molar-refractivity contribution in [1.82, 2.24) is 30.0 Å². The van der Waals surface area contributed by atoms with Gasteiger partial charge in [-0.15, -0.1) is 5.10 Å². The Balaban J connectivity index is 1.09. The van der Waals surface area contributed by atoms with Gasteiger partial charge < -0.3 is 58.3 Å². The molecule has 2 aromatic heterocycles. The second kappa shape index (κ2) is 22.9. The predicted octanol–water partition coefficient (Wildman–Crippen LogP) is 2.03. The third-order valence-electron chi connectivity index (χ3n) is 10.9. The Morgan fingerprint density at radius 3 is 1.73 bits per heavy atom. The van der Waals surface area contributed by atoms with Crippen LogP contribution in [0.15, 0.2) is 134 Å². The maximum atomic E-state index is 14.1. The van der Waals surface area contributed by atoms with Gasteiger partial charge in [0.25, 0.3) is 0 Å². The lowest BCUT2D eigenvalue weighted by molar-refractivity contribution is -0.304. The lowest BCUT2D eigenvalue weighted by Crippen LogP contribution is -2.63. The molecule has 0 bridgehead atoms. The fraction of sp³-hybridized carbons (Fsp3) is 0.333. The van der Waals surface area contributed by atoms with Crippen LogP contribution in [0.25, 0.3) is 0 Å². The van der Waals surface area contributed by atoms with E-state index < -0.39 is 111 Å². The van der Waals surface area contributed by atoms with Gasteiger partial charge >= 0.3 is 23.9 Å². The van der Waals surface area contributed by atoms with Crippen LogP contribution in [-0.4, -0.2) is 149 Å². The smallest absolute Gasteiger partial charge is 0.338 e. The van der Waals surface area contributed by atoms with Crippen molar-refractivity contribution < 1.29 is 83.0 Å². The number of rotatable bonds is 18. The monoisotopic (exact) mass is 968 g/mol. The van der Waals surface area contributed by atoms with Crippen molar-refractivity contribution in [2.75, 3.05) is 13.2 Å². The molecular weight excluding hydrogens is 917 g/mol. The number of carbonyl (C=O) groups excluding carboxylic acids is 4. The highest BCUT2D eigenvalue weighted by molar-refractivity contribution is 5.91. The number of carbonyl (C=O) groups is 4. The molecule has 2 aliphatic heterocycles. The summed E-state index contributed by atoms with van der Waals surface area (Å²) < 4.78 is 82.2. The van der Waals surface area contributed by atoms with E-state index in [0.29, 0.717) is 0 Å². The summed E-state index contributed by atoms with van der Waals surface area (Å²) in [6.07, 6.45) is -14.5. The fourth-order valence-electron chi connectivity index (χ4n) is 7.19. The van der Waals surface area contributed by atoms with Crippen LogP contribution in [0, 0.1) is 0 Å². The summed E-state index contributed by atoms with van der Waals surface area (Å²) in [5.74, 6) is -4.37. The Hall–Kier alpha value is -7.28. The quantitative estimate of drug-likeness (QED) is 0.0708. The lowest BCUT2D eigenvalue weighted by Gasteiger charge is -2.44. The normalized spacial score (nSPS) is 25.6. The fourth-order valence-corrected chi connectivity index (χ4v) is 7.19. The van der Waals surface area contributed by atoms with Crippen molar-refractivity contribution in [2.24, 2.45) is 0 Å². The first-order valence-electron chi connectivity index (χ1n) is 23.6. The first-order chi connectivity index (χ1) is 35.6. The van der Waals surface area contributed by atoms with Crippen LogP contribution in [-0.2, 0) is 51.1 Å². The zero-order chi connectivity index (χ0) is 52.6. The van der Waals surface area contributed by atoms with Crippen molar-refractivity contribution in [1.29, 1.82) is 0 Å². The Kier molecular flexibility index (Phi) is 14.4. The minimum atomic E-state index is -1.90. The molecule has 0 radical (unpaired) electrons. The molecule has 22 heteroatoms. The molecule has 4 heterocycles. The second-order valence-electron chi connectivity index (χ2n) is 15.7. The number of aliphatic hydroxyl groups excluding tert-OH is 4. The van der Waals surface area contributed by atoms with Gasteiger partial charge in [0.15, 0.2) is 37.1 Å². The number of nitrogens with zero attached hydrogens (tertiary/aromatic N) is 6. The molecule has 2 fully saturated rings. The molecule has 70 heavy (non-hydrogen) atoms. The van der Waals surface area contributed by atoms with Crippen LogP contribution >= 0.6 is 0 Å². The number of benzene rings is 4. The summed E-state index contributed by atoms with van der Waals surface area (Å²) in [7, 11) is 0. The second-order valence-corrected chi connectivity index (χ2v) is 15.7. The molecule has 22 nitrogen and oxygen atoms in total. The topological polar surface area (TPSA) is 284 Å². The predicted molar refractivity (Wildman–Crippen MR) is 236 cm³/mol. The lowest BCUT2D eigenvalue weighted by atomic mass is 9.97. The summed E-state index contributed by atoms with van der Waals surface area (Å²) in [5, 5.41) is 57.0. The van der Waals surface area contributed by atoms with Crippen LogP contribution in [0.3, 0.4) is 0 Å². The summed E-state index contributed by atoms with van der Waals surface area (Å²) in [6, 6.07) is 21.7. The van der Waals surface area contributed by atoms with E-state index in [-0.39, 0.29) is 64.4 Å². The zero-order valence-electron chi connectivity index (χ0n) is 40.9. The molecule has 3 unspecified atom stereocenters. The molecular formula is C48H48N6O16. The van der Waals surface area contributed by atoms with E-state index in [4.69, 9.17) is 43.4 Å². The molecule has 366 valence electrons. The van der Waals surface area contributed by atoms with Gasteiger partial charge in [-0.05, 0) is 55.4 Å². The number of hydrogen-bond acceptors (Lipinski definition) is 20. The summed E-state index contributed by atoms with van der Waals surface area (Å²) >= 11 is 0. The average Bonchev–Trinajstić information content (AvgIpc) is 4.09. The van der Waals surface area contributed by atoms with Gasteiger partial charge in [-0.2, -0.15) is 15.0 Å². The number of hydrogen-bond donors (Lipinski definition) is 4. The van der Waals surface area contributed by atoms with Gasteiger partial charge in [-0.1, -0.05) is 78.0 Å². The Morgan fingerprint density at radius 1 is 0.643 bits per heavy atom. The van der Waals surface area contributed by atoms with Gasteiger partial charge in [-0.25, -0.2) is 23.9 Å². The number of esters is 4. The molecule has 4 N–H and O–H groups in total. The molecule has 2 aliphatic rings. The van der Waals surface area contributed by atoms with Gasteiger partial charge in [0, 0.05) is 0 Å². The van der Waals surface area contributed by atoms with E-state index in [1.54, 1.807) is 13.0 Å². The molecule has 0 amide bonds. The molecule has 0 spiro atoms. The molecule has 6 aromatic rings. The van der Waals surface area contributed by atoms with Crippen LogP contribution in [0.1, 0.15) is 71.4 Å². The van der Waals surface area contributed by atoms with Crippen molar-refractivity contribution >= 4 is 23.9 Å². The first kappa shape index (κ1) is 44.0. The van der Waals surface area contributed by atoms with E-state index in [9.17, 15) is 39.6 Å². The highest BCUT2D eigenvalue weighted by atomic mass is 16.7. The standard InChI is InChI=1S/C48H48N6O16/c1-28(53-23-34(50-52-53)26-64-47-39(58)38(57)37(56)35(24-55)66-47)54-49-22-33(51-54)25-65-48-42(70-46(62)32-20-12-5-13-21-32)41(69-45(61)31-18-10-4-11-19-31)40(68-44(60)30-16-8-3-9-17-30)36(67-48)27-63-43(59)29-14-6-2-7-15-29/h2-23,28,35-42,47-48,55-58H,24-27H2,1H3/t28?,35-,36-,37-,38+,39-,40+,41+,42-,47?,48?/m1/s1/i14D,16D,18D,20D. The molecule has 0 aliphatic carbocycles. The summed E-state index contributed by atoms with van der Waals surface area (Å²) in [6.45, 7) is -0.490. The van der Waals surface area contributed by atoms with Gasteiger partial charge in [-0.3, -0.25) is 0 Å². The summed E-state index contributed by atoms with van der Waals surface area (Å²) in [5.41, 5.74) is -0.468. The van der Waals surface area contributed by atoms with Gasteiger partial charge in [0.2, 0.25) is 0 Å². The van der Waals surface area contributed by atoms with Crippen LogP contribution < -0.4 is 0 Å². The molecule has 11 atom stereocenters. The minimum absolute atomic E-state index is 0.135. The van der Waals surface area contributed by atoms with Gasteiger partial charge in [0.1, 0.15) is 48.5 Å². The third kappa shape index (κ3) is 11.8. The van der Waals surface area contributed by atoms with Crippen LogP contribution in [0.5, 0.6) is 0 Å². The highest BCUT2D eigenvalue weighted by Crippen LogP contribution is 2.32. The SMILES string of the molecule is [2H]c1ccccc1C(=O)OC[C@H]1OC(OCc2cnn(C(C)n3cc(COC4O[C@H](CO)[C@@H](O)[C@H](O)[C@H]4O)nn3)n2)[C@H](OC(=O)c2ccccc2[2H])[C@@H](OC(=O)c2ccccc2[2H])[C@H]1OC(=O)c1ccccc1[2H]. The zero-order valence-corrected chi connectivity index (χ0v) is 36.9. The van der Waals surface area contributed by atoms with Crippen molar-refractivity contribution in [3.8, 4) is 0 Å². The number of aromatic nitrogens is 6. The number of ether oxygens (including phenoxy) is 8. The first-order valence-corrected chi connectivity index (χ1v) is 21.6. The largest absolute Gasteiger partial charge is 0.459 e. The molecule has 8 rings (SSSR count). The Morgan fingerprint density at radius 2 is 1.16 bits per heavy atom. The molecule has 2 saturated heterocycles.